The standard InChI is InChI=1S/C19H17NO2.C17H13NO2/c1-2-22-18(21)13-15-9-6-10-17-16(15)11-12-20-19(17)14-7-4-3-5-8-14;19-16(20)11-13-7-4-8-15-14(13)9-10-18-17(15)12-5-2-1-3-6-12/h3-12H,2,13H2,1H3;1-10H,11H2,(H,19,20). The molecule has 0 saturated carbocycles. The summed E-state index contributed by atoms with van der Waals surface area (Å²) in [5.41, 5.74) is 5.70. The zero-order chi connectivity index (χ0) is 29.3. The maximum absolute atomic E-state index is 11.8. The first-order valence-corrected chi connectivity index (χ1v) is 13.8. The average Bonchev–Trinajstić information content (AvgIpc) is 3.02. The lowest BCUT2D eigenvalue weighted by Crippen LogP contribution is -2.07. The topological polar surface area (TPSA) is 89.4 Å². The van der Waals surface area contributed by atoms with E-state index in [1.807, 2.05) is 116 Å². The number of ether oxygens (including phenoxy) is 1. The Hall–Kier alpha value is -5.36. The Balaban J connectivity index is 0.000000169. The van der Waals surface area contributed by atoms with E-state index in [1.165, 1.54) is 0 Å². The molecule has 6 aromatic rings. The van der Waals surface area contributed by atoms with Gasteiger partial charge in [0, 0.05) is 34.3 Å². The maximum atomic E-state index is 11.8. The summed E-state index contributed by atoms with van der Waals surface area (Å²) in [6.45, 7) is 2.22. The van der Waals surface area contributed by atoms with Gasteiger partial charge in [-0.1, -0.05) is 97.1 Å². The number of pyridine rings is 2. The number of esters is 1. The van der Waals surface area contributed by atoms with E-state index in [0.717, 1.165) is 55.2 Å². The second kappa shape index (κ2) is 13.3. The van der Waals surface area contributed by atoms with E-state index in [2.05, 4.69) is 9.97 Å². The Morgan fingerprint density at radius 3 is 1.52 bits per heavy atom. The highest BCUT2D eigenvalue weighted by Gasteiger charge is 2.12. The summed E-state index contributed by atoms with van der Waals surface area (Å²) < 4.78 is 5.06. The van der Waals surface area contributed by atoms with Crippen molar-refractivity contribution in [1.82, 2.24) is 9.97 Å². The molecular formula is C36H30N2O4. The lowest BCUT2D eigenvalue weighted by molar-refractivity contribution is -0.142. The van der Waals surface area contributed by atoms with E-state index < -0.39 is 5.97 Å². The van der Waals surface area contributed by atoms with E-state index >= 15 is 0 Å². The van der Waals surface area contributed by atoms with Gasteiger partial charge in [-0.25, -0.2) is 0 Å². The molecule has 0 aliphatic rings. The molecule has 2 aromatic heterocycles. The Labute approximate surface area is 244 Å². The summed E-state index contributed by atoms with van der Waals surface area (Å²) >= 11 is 0. The van der Waals surface area contributed by atoms with Crippen molar-refractivity contribution < 1.29 is 19.4 Å². The zero-order valence-corrected chi connectivity index (χ0v) is 23.2. The zero-order valence-electron chi connectivity index (χ0n) is 23.2. The second-order valence-corrected chi connectivity index (χ2v) is 9.63. The Bertz CT molecular complexity index is 1840. The molecule has 0 atom stereocenters. The van der Waals surface area contributed by atoms with Crippen LogP contribution < -0.4 is 0 Å². The van der Waals surface area contributed by atoms with Gasteiger partial charge in [0.25, 0.3) is 0 Å². The highest BCUT2D eigenvalue weighted by molar-refractivity contribution is 5.98. The third-order valence-electron chi connectivity index (χ3n) is 6.87. The van der Waals surface area contributed by atoms with Crippen molar-refractivity contribution in [2.45, 2.75) is 19.8 Å². The summed E-state index contributed by atoms with van der Waals surface area (Å²) in [7, 11) is 0. The molecule has 0 bridgehead atoms. The number of carboxylic acid groups (broad SMARTS) is 1. The molecule has 6 rings (SSSR count). The summed E-state index contributed by atoms with van der Waals surface area (Å²) in [6.07, 6.45) is 3.83. The number of aliphatic carboxylic acids is 1. The van der Waals surface area contributed by atoms with Crippen LogP contribution in [0.2, 0.25) is 0 Å². The maximum Gasteiger partial charge on any atom is 0.310 e. The Kier molecular flexibility index (Phi) is 8.94. The molecule has 0 radical (unpaired) electrons. The summed E-state index contributed by atoms with van der Waals surface area (Å²) in [5, 5.41) is 13.0. The molecule has 0 aliphatic carbocycles. The van der Waals surface area contributed by atoms with E-state index in [0.29, 0.717) is 6.61 Å². The van der Waals surface area contributed by atoms with Gasteiger partial charge in [-0.2, -0.15) is 0 Å². The number of aromatic nitrogens is 2. The quantitative estimate of drug-likeness (QED) is 0.205. The first-order chi connectivity index (χ1) is 20.5. The number of carbonyl (C=O) groups excluding carboxylic acids is 1. The van der Waals surface area contributed by atoms with Crippen molar-refractivity contribution in [2.75, 3.05) is 6.61 Å². The van der Waals surface area contributed by atoms with Crippen LogP contribution in [-0.2, 0) is 27.2 Å². The minimum Gasteiger partial charge on any atom is -0.481 e. The van der Waals surface area contributed by atoms with Crippen molar-refractivity contribution >= 4 is 33.5 Å². The fourth-order valence-corrected chi connectivity index (χ4v) is 5.04. The highest BCUT2D eigenvalue weighted by atomic mass is 16.5. The Morgan fingerprint density at radius 1 is 0.595 bits per heavy atom. The minimum atomic E-state index is -0.824. The molecule has 6 heteroatoms. The minimum absolute atomic E-state index is 0.0234. The van der Waals surface area contributed by atoms with Crippen LogP contribution >= 0.6 is 0 Å². The highest BCUT2D eigenvalue weighted by Crippen LogP contribution is 2.30. The predicted octanol–water partition coefficient (Wildman–Crippen LogP) is 7.54. The van der Waals surface area contributed by atoms with Gasteiger partial charge in [0.2, 0.25) is 0 Å². The summed E-state index contributed by atoms with van der Waals surface area (Å²) in [4.78, 5) is 31.7. The number of benzene rings is 4. The number of hydrogen-bond acceptors (Lipinski definition) is 5. The number of nitrogens with zero attached hydrogens (tertiary/aromatic N) is 2. The van der Waals surface area contributed by atoms with Crippen LogP contribution in [0.15, 0.2) is 122 Å². The Morgan fingerprint density at radius 2 is 1.07 bits per heavy atom. The number of hydrogen-bond donors (Lipinski definition) is 1. The van der Waals surface area contributed by atoms with Crippen molar-refractivity contribution in [2.24, 2.45) is 0 Å². The molecule has 1 N–H and O–H groups in total. The SMILES string of the molecule is CCOC(=O)Cc1cccc2c(-c3ccccc3)nccc12.O=C(O)Cc1cccc2c(-c3ccccc3)nccc12. The van der Waals surface area contributed by atoms with Gasteiger partial charge in [-0.05, 0) is 41.0 Å². The molecular weight excluding hydrogens is 524 g/mol. The van der Waals surface area contributed by atoms with Crippen molar-refractivity contribution in [3.63, 3.8) is 0 Å². The molecule has 4 aromatic carbocycles. The normalized spacial score (nSPS) is 10.6. The van der Waals surface area contributed by atoms with Crippen LogP contribution in [-0.4, -0.2) is 33.6 Å². The van der Waals surface area contributed by atoms with Crippen LogP contribution in [0.25, 0.3) is 44.1 Å². The lowest BCUT2D eigenvalue weighted by atomic mass is 9.99. The molecule has 42 heavy (non-hydrogen) atoms. The third-order valence-corrected chi connectivity index (χ3v) is 6.87. The van der Waals surface area contributed by atoms with Crippen molar-refractivity contribution in [3.8, 4) is 22.5 Å². The summed E-state index contributed by atoms with van der Waals surface area (Å²) in [5.74, 6) is -1.02. The van der Waals surface area contributed by atoms with E-state index in [4.69, 9.17) is 9.84 Å². The van der Waals surface area contributed by atoms with Crippen LogP contribution in [0, 0.1) is 0 Å². The van der Waals surface area contributed by atoms with E-state index in [-0.39, 0.29) is 18.8 Å². The number of fused-ring (bicyclic) bond motifs is 2. The molecule has 0 spiro atoms. The molecule has 0 saturated heterocycles. The van der Waals surface area contributed by atoms with Crippen molar-refractivity contribution in [1.29, 1.82) is 0 Å². The van der Waals surface area contributed by atoms with Gasteiger partial charge < -0.3 is 9.84 Å². The molecule has 2 heterocycles. The van der Waals surface area contributed by atoms with Gasteiger partial charge >= 0.3 is 11.9 Å². The van der Waals surface area contributed by atoms with Gasteiger partial charge in [-0.3, -0.25) is 19.6 Å². The van der Waals surface area contributed by atoms with Crippen molar-refractivity contribution in [3.05, 3.63) is 133 Å². The van der Waals surface area contributed by atoms with E-state index in [1.54, 1.807) is 12.4 Å². The van der Waals surface area contributed by atoms with Crippen LogP contribution in [0.3, 0.4) is 0 Å². The second-order valence-electron chi connectivity index (χ2n) is 9.63. The largest absolute Gasteiger partial charge is 0.481 e. The van der Waals surface area contributed by atoms with Gasteiger partial charge in [0.1, 0.15) is 0 Å². The average molecular weight is 555 g/mol. The number of carboxylic acids is 1. The number of carbonyl (C=O) groups is 2. The van der Waals surface area contributed by atoms with Crippen LogP contribution in [0.4, 0.5) is 0 Å². The fourth-order valence-electron chi connectivity index (χ4n) is 5.04. The summed E-state index contributed by atoms with van der Waals surface area (Å²) in [6, 6.07) is 35.5. The molecule has 208 valence electrons. The van der Waals surface area contributed by atoms with E-state index in [9.17, 15) is 9.59 Å². The molecule has 0 fully saturated rings. The smallest absolute Gasteiger partial charge is 0.310 e. The number of rotatable bonds is 7. The predicted molar refractivity (Wildman–Crippen MR) is 166 cm³/mol. The first kappa shape index (κ1) is 28.2. The van der Waals surface area contributed by atoms with Crippen LogP contribution in [0.5, 0.6) is 0 Å². The molecule has 0 aliphatic heterocycles. The molecule has 6 nitrogen and oxygen atoms in total. The lowest BCUT2D eigenvalue weighted by Gasteiger charge is -2.10. The molecule has 0 unspecified atom stereocenters. The third kappa shape index (κ3) is 6.50. The monoisotopic (exact) mass is 554 g/mol. The van der Waals surface area contributed by atoms with Gasteiger partial charge in [0.05, 0.1) is 30.8 Å². The first-order valence-electron chi connectivity index (χ1n) is 13.8. The fraction of sp³-hybridized carbons (Fsp3) is 0.111. The van der Waals surface area contributed by atoms with Crippen LogP contribution in [0.1, 0.15) is 18.1 Å². The van der Waals surface area contributed by atoms with Gasteiger partial charge in [0.15, 0.2) is 0 Å². The van der Waals surface area contributed by atoms with Gasteiger partial charge in [-0.15, -0.1) is 0 Å². The molecule has 0 amide bonds.